The summed E-state index contributed by atoms with van der Waals surface area (Å²) in [5.41, 5.74) is 11.6. The predicted molar refractivity (Wildman–Crippen MR) is 236 cm³/mol. The monoisotopic (exact) mass is 898 g/mol. The summed E-state index contributed by atoms with van der Waals surface area (Å²) >= 11 is 0. The van der Waals surface area contributed by atoms with Crippen molar-refractivity contribution in [1.29, 1.82) is 0 Å². The summed E-state index contributed by atoms with van der Waals surface area (Å²) in [5, 5.41) is 17.0. The van der Waals surface area contributed by atoms with Gasteiger partial charge in [0.1, 0.15) is 31.4 Å². The predicted octanol–water partition coefficient (Wildman–Crippen LogP) is 4.05. The van der Waals surface area contributed by atoms with Gasteiger partial charge in [0.15, 0.2) is 21.9 Å². The van der Waals surface area contributed by atoms with E-state index in [0.29, 0.717) is 40.0 Å². The number of ether oxygens (including phenoxy) is 3. The Morgan fingerprint density at radius 1 is 0.750 bits per heavy atom. The van der Waals surface area contributed by atoms with Crippen LogP contribution in [-0.2, 0) is 64.7 Å². The first-order valence-corrected chi connectivity index (χ1v) is 22.6. The summed E-state index contributed by atoms with van der Waals surface area (Å²) in [6, 6.07) is 29.0. The molecule has 0 heterocycles. The van der Waals surface area contributed by atoms with Crippen LogP contribution in [0.2, 0.25) is 0 Å². The molecule has 5 rings (SSSR count). The van der Waals surface area contributed by atoms with Crippen molar-refractivity contribution in [2.45, 2.75) is 93.4 Å². The van der Waals surface area contributed by atoms with E-state index in [1.807, 2.05) is 0 Å². The number of nitrogens with two attached hydrogens (primary N) is 2. The van der Waals surface area contributed by atoms with Gasteiger partial charge in [-0.3, -0.25) is 14.6 Å². The standard InChI is InChI=1S/C46H54N6O11S/c1-64(59,60)36-23-21-32(22-24-36)28-37(50-44(57)62-30-34-16-7-3-8-17-34)39(53)40(54)51-46(25-11-12-26-46)42(56)52(45(58)63-31-35-18-9-4-10-19-35)38(20-13-27-49-43(47)48)41(55)61-29-33-14-5-2-6-15-33/h2-10,14-19,21-24,37-39,53H,11-13,20,25-31H2,1H3,(H,50,57)(H,51,54)(H4,47,48,49)/t37-,38+,39+/m1/s1. The van der Waals surface area contributed by atoms with Gasteiger partial charge in [0.05, 0.1) is 10.9 Å². The number of guanidine groups is 1. The lowest BCUT2D eigenvalue weighted by Crippen LogP contribution is -2.65. The number of carbonyl (C=O) groups is 5. The highest BCUT2D eigenvalue weighted by Crippen LogP contribution is 2.34. The Labute approximate surface area is 372 Å². The third-order valence-electron chi connectivity index (χ3n) is 10.6. The fourth-order valence-electron chi connectivity index (χ4n) is 7.19. The van der Waals surface area contributed by atoms with Gasteiger partial charge < -0.3 is 41.4 Å². The average Bonchev–Trinajstić information content (AvgIpc) is 3.77. The Morgan fingerprint density at radius 2 is 1.27 bits per heavy atom. The number of nitrogens with zero attached hydrogens (tertiary/aromatic N) is 2. The molecule has 4 aromatic rings. The molecule has 0 aliphatic heterocycles. The van der Waals surface area contributed by atoms with Gasteiger partial charge >= 0.3 is 18.2 Å². The number of esters is 1. The SMILES string of the molecule is CS(=O)(=O)c1ccc(C[C@@H](NC(=O)OCc2ccccc2)[C@H](O)C(=O)NC2(C(=O)N(C(=O)OCc3ccccc3)[C@@H](CCCN=C(N)N)C(=O)OCc3ccccc3)CCCC2)cc1. The van der Waals surface area contributed by atoms with E-state index in [4.69, 9.17) is 25.7 Å². The lowest BCUT2D eigenvalue weighted by atomic mass is 9.92. The first kappa shape index (κ1) is 48.2. The number of nitrogens with one attached hydrogen (secondary N) is 2. The molecule has 0 radical (unpaired) electrons. The average molecular weight is 899 g/mol. The number of aliphatic imine (C=N–C) groups is 1. The Kier molecular flexibility index (Phi) is 17.4. The van der Waals surface area contributed by atoms with Crippen LogP contribution in [0, 0.1) is 0 Å². The topological polar surface area (TPSA) is 259 Å². The van der Waals surface area contributed by atoms with E-state index < -0.39 is 63.5 Å². The molecule has 1 aliphatic carbocycles. The van der Waals surface area contributed by atoms with Crippen LogP contribution in [0.4, 0.5) is 9.59 Å². The molecule has 1 fully saturated rings. The zero-order valence-corrected chi connectivity index (χ0v) is 36.3. The summed E-state index contributed by atoms with van der Waals surface area (Å²) in [7, 11) is -3.55. The van der Waals surface area contributed by atoms with Gasteiger partial charge in [-0.1, -0.05) is 116 Å². The van der Waals surface area contributed by atoms with Crippen LogP contribution in [0.1, 0.15) is 60.8 Å². The molecular formula is C46H54N6O11S. The first-order valence-electron chi connectivity index (χ1n) is 20.7. The highest BCUT2D eigenvalue weighted by atomic mass is 32.2. The Hall–Kier alpha value is -6.79. The molecule has 7 N–H and O–H groups in total. The van der Waals surface area contributed by atoms with E-state index in [1.165, 1.54) is 24.3 Å². The Bertz CT molecular complexity index is 2320. The lowest BCUT2D eigenvalue weighted by molar-refractivity contribution is -0.158. The number of alkyl carbamates (subject to hydrolysis) is 1. The molecule has 4 amide bonds. The second-order valence-corrected chi connectivity index (χ2v) is 17.4. The van der Waals surface area contributed by atoms with Crippen LogP contribution in [-0.4, -0.2) is 90.9 Å². The number of imide groups is 1. The maximum absolute atomic E-state index is 15.1. The second kappa shape index (κ2) is 23.1. The number of benzene rings is 4. The van der Waals surface area contributed by atoms with Crippen molar-refractivity contribution in [2.24, 2.45) is 16.5 Å². The Morgan fingerprint density at radius 3 is 1.78 bits per heavy atom. The number of sulfone groups is 1. The minimum atomic E-state index is -3.55. The van der Waals surface area contributed by atoms with Crippen LogP contribution >= 0.6 is 0 Å². The number of rotatable bonds is 20. The highest BCUT2D eigenvalue weighted by Gasteiger charge is 2.51. The van der Waals surface area contributed by atoms with Crippen LogP contribution < -0.4 is 22.1 Å². The summed E-state index contributed by atoms with van der Waals surface area (Å²) < 4.78 is 41.0. The van der Waals surface area contributed by atoms with Crippen molar-refractivity contribution in [3.05, 3.63) is 138 Å². The van der Waals surface area contributed by atoms with Crippen molar-refractivity contribution in [3.8, 4) is 0 Å². The number of amides is 4. The van der Waals surface area contributed by atoms with Crippen LogP contribution in [0.25, 0.3) is 0 Å². The van der Waals surface area contributed by atoms with Gasteiger partial charge in [0.2, 0.25) is 0 Å². The third kappa shape index (κ3) is 14.1. The molecule has 18 heteroatoms. The highest BCUT2D eigenvalue weighted by molar-refractivity contribution is 7.90. The molecule has 0 bridgehead atoms. The Balaban J connectivity index is 1.45. The number of aliphatic hydroxyl groups is 1. The van der Waals surface area contributed by atoms with E-state index in [1.54, 1.807) is 91.0 Å². The maximum atomic E-state index is 15.1. The molecule has 3 atom stereocenters. The molecule has 0 saturated heterocycles. The van der Waals surface area contributed by atoms with E-state index in [0.717, 1.165) is 6.26 Å². The van der Waals surface area contributed by atoms with Crippen molar-refractivity contribution in [3.63, 3.8) is 0 Å². The van der Waals surface area contributed by atoms with Gasteiger partial charge in [-0.15, -0.1) is 0 Å². The summed E-state index contributed by atoms with van der Waals surface area (Å²) in [6.45, 7) is -0.531. The molecule has 64 heavy (non-hydrogen) atoms. The molecular weight excluding hydrogens is 845 g/mol. The minimum absolute atomic E-state index is 0.0106. The zero-order valence-electron chi connectivity index (χ0n) is 35.5. The molecule has 4 aromatic carbocycles. The number of aliphatic hydroxyl groups excluding tert-OH is 1. The zero-order chi connectivity index (χ0) is 46.1. The third-order valence-corrected chi connectivity index (χ3v) is 11.7. The van der Waals surface area contributed by atoms with E-state index in [-0.39, 0.29) is 69.3 Å². The number of hydrogen-bond donors (Lipinski definition) is 5. The summed E-state index contributed by atoms with van der Waals surface area (Å²) in [4.78, 5) is 75.6. The molecule has 0 unspecified atom stereocenters. The number of carbonyl (C=O) groups excluding carboxylic acids is 5. The second-order valence-electron chi connectivity index (χ2n) is 15.4. The van der Waals surface area contributed by atoms with Crippen LogP contribution in [0.5, 0.6) is 0 Å². The normalized spacial score (nSPS) is 14.5. The van der Waals surface area contributed by atoms with Gasteiger partial charge in [-0.05, 0) is 66.5 Å². The summed E-state index contributed by atoms with van der Waals surface area (Å²) in [6.07, 6.45) is -2.47. The van der Waals surface area contributed by atoms with E-state index in [2.05, 4.69) is 15.6 Å². The van der Waals surface area contributed by atoms with Crippen LogP contribution in [0.15, 0.2) is 125 Å². The van der Waals surface area contributed by atoms with Crippen molar-refractivity contribution in [2.75, 3.05) is 12.8 Å². The molecule has 1 aliphatic rings. The van der Waals surface area contributed by atoms with Gasteiger partial charge in [0.25, 0.3) is 11.8 Å². The fourth-order valence-corrected chi connectivity index (χ4v) is 7.82. The van der Waals surface area contributed by atoms with Gasteiger partial charge in [0, 0.05) is 12.8 Å². The first-order chi connectivity index (χ1) is 30.6. The summed E-state index contributed by atoms with van der Waals surface area (Å²) in [5.74, 6) is -3.19. The van der Waals surface area contributed by atoms with Crippen molar-refractivity contribution >= 4 is 45.8 Å². The lowest BCUT2D eigenvalue weighted by Gasteiger charge is -2.37. The molecule has 0 aromatic heterocycles. The molecule has 17 nitrogen and oxygen atoms in total. The number of hydrogen-bond acceptors (Lipinski definition) is 12. The van der Waals surface area contributed by atoms with Crippen molar-refractivity contribution in [1.82, 2.24) is 15.5 Å². The quantitative estimate of drug-likeness (QED) is 0.0276. The molecule has 340 valence electrons. The largest absolute Gasteiger partial charge is 0.459 e. The molecule has 0 spiro atoms. The van der Waals surface area contributed by atoms with E-state index >= 15 is 4.79 Å². The van der Waals surface area contributed by atoms with Crippen LogP contribution in [0.3, 0.4) is 0 Å². The van der Waals surface area contributed by atoms with E-state index in [9.17, 15) is 32.7 Å². The molecule has 1 saturated carbocycles. The minimum Gasteiger partial charge on any atom is -0.459 e. The van der Waals surface area contributed by atoms with Gasteiger partial charge in [-0.25, -0.2) is 27.7 Å². The maximum Gasteiger partial charge on any atom is 0.417 e. The fraction of sp³-hybridized carbons (Fsp3) is 0.348. The smallest absolute Gasteiger partial charge is 0.417 e. The van der Waals surface area contributed by atoms with Crippen molar-refractivity contribution < 1.29 is 51.7 Å². The van der Waals surface area contributed by atoms with Gasteiger partial charge in [-0.2, -0.15) is 0 Å².